The second-order valence-electron chi connectivity index (χ2n) is 7.92. The molecule has 1 heterocycles. The maximum Gasteiger partial charge on any atom is 0.338 e. The van der Waals surface area contributed by atoms with E-state index < -0.39 is 12.0 Å². The van der Waals surface area contributed by atoms with Crippen molar-refractivity contribution in [2.24, 2.45) is 0 Å². The minimum absolute atomic E-state index is 0.254. The second-order valence-corrected chi connectivity index (χ2v) is 7.92. The van der Waals surface area contributed by atoms with Crippen molar-refractivity contribution in [3.63, 3.8) is 0 Å². The third-order valence-corrected chi connectivity index (χ3v) is 5.03. The lowest BCUT2D eigenvalue weighted by Crippen LogP contribution is -2.46. The quantitative estimate of drug-likeness (QED) is 0.548. The van der Waals surface area contributed by atoms with Crippen LogP contribution in [0.2, 0.25) is 0 Å². The number of nitrogens with one attached hydrogen (secondary N) is 2. The van der Waals surface area contributed by atoms with E-state index in [-0.39, 0.29) is 12.1 Å². The molecule has 6 heteroatoms. The number of benzene rings is 2. The van der Waals surface area contributed by atoms with E-state index in [4.69, 9.17) is 9.47 Å². The summed E-state index contributed by atoms with van der Waals surface area (Å²) < 4.78 is 11.5. The van der Waals surface area contributed by atoms with Gasteiger partial charge in [0.25, 0.3) is 0 Å². The number of unbranched alkanes of at least 4 members (excludes halogenated alkanes) is 1. The number of para-hydroxylation sites is 1. The van der Waals surface area contributed by atoms with Crippen LogP contribution in [0.15, 0.2) is 59.8 Å². The van der Waals surface area contributed by atoms with Gasteiger partial charge in [0.1, 0.15) is 11.5 Å². The Labute approximate surface area is 183 Å². The normalized spacial score (nSPS) is 16.0. The predicted octanol–water partition coefficient (Wildman–Crippen LogP) is 5.54. The first-order chi connectivity index (χ1) is 14.9. The molecule has 1 atom stereocenters. The number of hydrogen-bond donors (Lipinski definition) is 2. The molecular formula is C25H30N2O4. The van der Waals surface area contributed by atoms with Crippen LogP contribution in [0.1, 0.15) is 57.2 Å². The molecule has 0 bridgehead atoms. The molecule has 0 aromatic heterocycles. The Morgan fingerprint density at radius 1 is 1.10 bits per heavy atom. The molecule has 0 saturated carbocycles. The number of allylic oxidation sites excluding steroid dienone is 1. The fourth-order valence-electron chi connectivity index (χ4n) is 3.46. The van der Waals surface area contributed by atoms with E-state index in [1.54, 1.807) is 0 Å². The standard InChI is InChI=1S/C25H30N2O4/c1-5-6-10-20-22(24(28)30-16(2)3)23(27-25(29)26-20)18-12-14-19(15-13-18)31-21-11-8-7-9-17(21)4/h7-9,11-16,23H,5-6,10H2,1-4H3,(H2,26,27,29). The summed E-state index contributed by atoms with van der Waals surface area (Å²) in [6, 6.07) is 14.3. The molecule has 1 unspecified atom stereocenters. The highest BCUT2D eigenvalue weighted by molar-refractivity contribution is 5.95. The van der Waals surface area contributed by atoms with Crippen LogP contribution in [0.5, 0.6) is 11.5 Å². The summed E-state index contributed by atoms with van der Waals surface area (Å²) in [6.07, 6.45) is 2.17. The highest BCUT2D eigenvalue weighted by atomic mass is 16.5. The Hall–Kier alpha value is -3.28. The van der Waals surface area contributed by atoms with Gasteiger partial charge < -0.3 is 20.1 Å². The van der Waals surface area contributed by atoms with Crippen molar-refractivity contribution in [3.8, 4) is 11.5 Å². The number of amides is 2. The third kappa shape index (κ3) is 5.66. The first-order valence-electron chi connectivity index (χ1n) is 10.7. The van der Waals surface area contributed by atoms with Crippen molar-refractivity contribution in [1.29, 1.82) is 0 Å². The predicted molar refractivity (Wildman–Crippen MR) is 120 cm³/mol. The van der Waals surface area contributed by atoms with Crippen molar-refractivity contribution in [1.82, 2.24) is 10.6 Å². The van der Waals surface area contributed by atoms with Crippen LogP contribution in [-0.2, 0) is 9.53 Å². The molecule has 2 N–H and O–H groups in total. The molecule has 3 rings (SSSR count). The van der Waals surface area contributed by atoms with Crippen molar-refractivity contribution in [3.05, 3.63) is 70.9 Å². The molecule has 1 aliphatic rings. The van der Waals surface area contributed by atoms with Crippen LogP contribution in [0.3, 0.4) is 0 Å². The molecule has 0 spiro atoms. The van der Waals surface area contributed by atoms with Gasteiger partial charge in [0, 0.05) is 5.70 Å². The van der Waals surface area contributed by atoms with Crippen LogP contribution in [0.25, 0.3) is 0 Å². The number of ether oxygens (including phenoxy) is 2. The van der Waals surface area contributed by atoms with Gasteiger partial charge in [0.15, 0.2) is 0 Å². The molecule has 0 fully saturated rings. The van der Waals surface area contributed by atoms with E-state index in [1.807, 2.05) is 69.3 Å². The SMILES string of the molecule is CCCCC1=C(C(=O)OC(C)C)C(c2ccc(Oc3ccccc3C)cc2)NC(=O)N1. The van der Waals surface area contributed by atoms with E-state index in [1.165, 1.54) is 0 Å². The van der Waals surface area contributed by atoms with Gasteiger partial charge in [0.05, 0.1) is 17.7 Å². The molecule has 0 saturated heterocycles. The maximum absolute atomic E-state index is 12.9. The summed E-state index contributed by atoms with van der Waals surface area (Å²) in [5, 5.41) is 5.68. The van der Waals surface area contributed by atoms with Crippen LogP contribution in [0, 0.1) is 6.92 Å². The third-order valence-electron chi connectivity index (χ3n) is 5.03. The summed E-state index contributed by atoms with van der Waals surface area (Å²) in [7, 11) is 0. The minimum atomic E-state index is -0.584. The Morgan fingerprint density at radius 3 is 2.45 bits per heavy atom. The smallest absolute Gasteiger partial charge is 0.338 e. The van der Waals surface area contributed by atoms with E-state index in [9.17, 15) is 9.59 Å². The number of aryl methyl sites for hydroxylation is 1. The molecule has 0 aliphatic carbocycles. The van der Waals surface area contributed by atoms with Crippen molar-refractivity contribution >= 4 is 12.0 Å². The molecule has 0 radical (unpaired) electrons. The molecule has 2 aromatic rings. The zero-order valence-electron chi connectivity index (χ0n) is 18.5. The van der Waals surface area contributed by atoms with Gasteiger partial charge in [-0.15, -0.1) is 0 Å². The zero-order valence-corrected chi connectivity index (χ0v) is 18.5. The van der Waals surface area contributed by atoms with Gasteiger partial charge in [-0.3, -0.25) is 0 Å². The van der Waals surface area contributed by atoms with Crippen molar-refractivity contribution < 1.29 is 19.1 Å². The zero-order chi connectivity index (χ0) is 22.4. The number of carbonyl (C=O) groups excluding carboxylic acids is 2. The highest BCUT2D eigenvalue weighted by Gasteiger charge is 2.33. The van der Waals surface area contributed by atoms with Gasteiger partial charge >= 0.3 is 12.0 Å². The van der Waals surface area contributed by atoms with E-state index in [0.29, 0.717) is 23.4 Å². The number of urea groups is 1. The lowest BCUT2D eigenvalue weighted by molar-refractivity contribution is -0.143. The fraction of sp³-hybridized carbons (Fsp3) is 0.360. The Kier molecular flexibility index (Phi) is 7.34. The number of esters is 1. The molecule has 2 amide bonds. The first kappa shape index (κ1) is 22.4. The van der Waals surface area contributed by atoms with Crippen molar-refractivity contribution in [2.75, 3.05) is 0 Å². The minimum Gasteiger partial charge on any atom is -0.459 e. The summed E-state index contributed by atoms with van der Waals surface area (Å²) in [5.41, 5.74) is 2.91. The lowest BCUT2D eigenvalue weighted by atomic mass is 9.93. The fourth-order valence-corrected chi connectivity index (χ4v) is 3.46. The summed E-state index contributed by atoms with van der Waals surface area (Å²) in [6.45, 7) is 7.68. The number of rotatable bonds is 8. The molecule has 31 heavy (non-hydrogen) atoms. The highest BCUT2D eigenvalue weighted by Crippen LogP contribution is 2.32. The van der Waals surface area contributed by atoms with Gasteiger partial charge in [-0.05, 0) is 62.9 Å². The molecule has 6 nitrogen and oxygen atoms in total. The van der Waals surface area contributed by atoms with Gasteiger partial charge in [-0.2, -0.15) is 0 Å². The van der Waals surface area contributed by atoms with E-state index in [2.05, 4.69) is 17.6 Å². The summed E-state index contributed by atoms with van der Waals surface area (Å²) in [5.74, 6) is 1.05. The van der Waals surface area contributed by atoms with Crippen LogP contribution in [-0.4, -0.2) is 18.1 Å². The maximum atomic E-state index is 12.9. The van der Waals surface area contributed by atoms with E-state index in [0.717, 1.165) is 29.7 Å². The number of hydrogen-bond acceptors (Lipinski definition) is 4. The average Bonchev–Trinajstić information content (AvgIpc) is 2.73. The van der Waals surface area contributed by atoms with Gasteiger partial charge in [-0.1, -0.05) is 43.7 Å². The molecule has 2 aromatic carbocycles. The topological polar surface area (TPSA) is 76.7 Å². The number of carbonyl (C=O) groups is 2. The van der Waals surface area contributed by atoms with Crippen molar-refractivity contribution in [2.45, 2.75) is 59.1 Å². The summed E-state index contributed by atoms with van der Waals surface area (Å²) in [4.78, 5) is 25.2. The van der Waals surface area contributed by atoms with Crippen LogP contribution >= 0.6 is 0 Å². The summed E-state index contributed by atoms with van der Waals surface area (Å²) >= 11 is 0. The Bertz CT molecular complexity index is 964. The van der Waals surface area contributed by atoms with Gasteiger partial charge in [-0.25, -0.2) is 9.59 Å². The lowest BCUT2D eigenvalue weighted by Gasteiger charge is -2.30. The first-order valence-corrected chi connectivity index (χ1v) is 10.7. The second kappa shape index (κ2) is 10.2. The monoisotopic (exact) mass is 422 g/mol. The average molecular weight is 423 g/mol. The molecular weight excluding hydrogens is 392 g/mol. The largest absolute Gasteiger partial charge is 0.459 e. The Morgan fingerprint density at radius 2 is 1.81 bits per heavy atom. The van der Waals surface area contributed by atoms with Crippen LogP contribution in [0.4, 0.5) is 4.79 Å². The Balaban J connectivity index is 1.91. The van der Waals surface area contributed by atoms with Crippen LogP contribution < -0.4 is 15.4 Å². The molecule has 164 valence electrons. The van der Waals surface area contributed by atoms with Gasteiger partial charge in [0.2, 0.25) is 0 Å². The van der Waals surface area contributed by atoms with E-state index >= 15 is 0 Å². The molecule has 1 aliphatic heterocycles.